The van der Waals surface area contributed by atoms with Crippen LogP contribution in [0.3, 0.4) is 0 Å². The molecule has 1 rings (SSSR count). The number of nitrogens with one attached hydrogen (secondary N) is 2. The van der Waals surface area contributed by atoms with Gasteiger partial charge < -0.3 is 20.4 Å². The second kappa shape index (κ2) is 10.3. The number of hydrogen-bond acceptors (Lipinski definition) is 2. The van der Waals surface area contributed by atoms with E-state index in [4.69, 9.17) is 0 Å². The third kappa shape index (κ3) is 8.06. The first-order chi connectivity index (χ1) is 10.3. The normalized spacial score (nSPS) is 9.70. The van der Waals surface area contributed by atoms with E-state index in [9.17, 15) is 4.79 Å². The Bertz CT molecular complexity index is 502. The maximum Gasteiger partial charge on any atom is 0.319 e. The van der Waals surface area contributed by atoms with Gasteiger partial charge in [0.25, 0.3) is 0 Å². The second-order valence-corrected chi connectivity index (χ2v) is 5.86. The lowest BCUT2D eigenvalue weighted by atomic mass is 10.2. The Morgan fingerprint density at radius 3 is 2.04 bits per heavy atom. The fraction of sp³-hybridized carbons (Fsp3) is 0.500. The zero-order valence-corrected chi connectivity index (χ0v) is 17.1. The van der Waals surface area contributed by atoms with Crippen LogP contribution in [-0.4, -0.2) is 56.0 Å². The Hall–Kier alpha value is -1.51. The third-order valence-electron chi connectivity index (χ3n) is 2.83. The number of amides is 2. The zero-order valence-electron chi connectivity index (χ0n) is 14.8. The van der Waals surface area contributed by atoms with Crippen LogP contribution < -0.4 is 10.6 Å². The van der Waals surface area contributed by atoms with Crippen LogP contribution in [-0.2, 0) is 6.54 Å². The lowest BCUT2D eigenvalue weighted by molar-refractivity contribution is 0.250. The molecule has 1 aromatic carbocycles. The van der Waals surface area contributed by atoms with Gasteiger partial charge in [0.15, 0.2) is 5.96 Å². The van der Waals surface area contributed by atoms with Crippen LogP contribution in [0.5, 0.6) is 0 Å². The van der Waals surface area contributed by atoms with Crippen LogP contribution >= 0.6 is 24.0 Å². The Labute approximate surface area is 156 Å². The molecule has 0 aliphatic carbocycles. The fourth-order valence-corrected chi connectivity index (χ4v) is 1.97. The standard InChI is InChI=1S/C16H27N5O.HI/c1-12(2)18-15(22)19-14-9-7-13(8-10-14)11-17-16(20(3)4)21(5)6;/h7-10,12H,11H2,1-6H3,(H2,18,19,22);1H. The molecule has 0 heterocycles. The lowest BCUT2D eigenvalue weighted by Gasteiger charge is -2.22. The van der Waals surface area contributed by atoms with Crippen molar-refractivity contribution in [2.75, 3.05) is 33.5 Å². The van der Waals surface area contributed by atoms with Crippen molar-refractivity contribution < 1.29 is 4.79 Å². The van der Waals surface area contributed by atoms with Gasteiger partial charge in [0.05, 0.1) is 6.54 Å². The molecule has 2 N–H and O–H groups in total. The molecule has 6 nitrogen and oxygen atoms in total. The molecular formula is C16H28IN5O. The summed E-state index contributed by atoms with van der Waals surface area (Å²) < 4.78 is 0. The first-order valence-electron chi connectivity index (χ1n) is 7.35. The molecule has 0 saturated carbocycles. The predicted molar refractivity (Wildman–Crippen MR) is 108 cm³/mol. The fourth-order valence-electron chi connectivity index (χ4n) is 1.97. The summed E-state index contributed by atoms with van der Waals surface area (Å²) in [4.78, 5) is 20.2. The number of nitrogens with zero attached hydrogens (tertiary/aromatic N) is 3. The van der Waals surface area contributed by atoms with E-state index in [1.54, 1.807) is 0 Å². The molecule has 1 aromatic rings. The van der Waals surface area contributed by atoms with Gasteiger partial charge in [-0.25, -0.2) is 9.79 Å². The van der Waals surface area contributed by atoms with E-state index < -0.39 is 0 Å². The van der Waals surface area contributed by atoms with Crippen molar-refractivity contribution >= 4 is 41.7 Å². The van der Waals surface area contributed by atoms with Crippen LogP contribution in [0.4, 0.5) is 10.5 Å². The molecule has 0 radical (unpaired) electrons. The van der Waals surface area contributed by atoms with Crippen molar-refractivity contribution in [3.63, 3.8) is 0 Å². The van der Waals surface area contributed by atoms with E-state index in [1.165, 1.54) is 0 Å². The Kier molecular flexibility index (Phi) is 9.62. The number of urea groups is 1. The van der Waals surface area contributed by atoms with E-state index in [0.717, 1.165) is 17.2 Å². The quantitative estimate of drug-likeness (QED) is 0.436. The molecule has 130 valence electrons. The van der Waals surface area contributed by atoms with Crippen molar-refractivity contribution in [3.05, 3.63) is 29.8 Å². The molecule has 0 aliphatic rings. The number of hydrogen-bond donors (Lipinski definition) is 2. The first kappa shape index (κ1) is 21.5. The molecule has 0 atom stereocenters. The third-order valence-corrected chi connectivity index (χ3v) is 2.83. The Morgan fingerprint density at radius 1 is 1.09 bits per heavy atom. The molecule has 0 fully saturated rings. The van der Waals surface area contributed by atoms with E-state index in [-0.39, 0.29) is 36.0 Å². The van der Waals surface area contributed by atoms with Gasteiger partial charge in [-0.2, -0.15) is 0 Å². The van der Waals surface area contributed by atoms with Gasteiger partial charge in [-0.3, -0.25) is 0 Å². The summed E-state index contributed by atoms with van der Waals surface area (Å²) in [7, 11) is 7.89. The average molecular weight is 433 g/mol. The smallest absolute Gasteiger partial charge is 0.319 e. The van der Waals surface area contributed by atoms with Crippen LogP contribution in [0.15, 0.2) is 29.3 Å². The van der Waals surface area contributed by atoms with E-state index in [1.807, 2.05) is 76.1 Å². The molecule has 0 spiro atoms. The van der Waals surface area contributed by atoms with E-state index in [2.05, 4.69) is 15.6 Å². The summed E-state index contributed by atoms with van der Waals surface area (Å²) in [5.74, 6) is 0.915. The SMILES string of the molecule is CC(C)NC(=O)Nc1ccc(CN=C(N(C)C)N(C)C)cc1.I. The second-order valence-electron chi connectivity index (χ2n) is 5.86. The van der Waals surface area contributed by atoms with Gasteiger partial charge in [-0.1, -0.05) is 12.1 Å². The van der Waals surface area contributed by atoms with Crippen molar-refractivity contribution in [1.82, 2.24) is 15.1 Å². The van der Waals surface area contributed by atoms with E-state index >= 15 is 0 Å². The van der Waals surface area contributed by atoms with Crippen molar-refractivity contribution in [2.45, 2.75) is 26.4 Å². The lowest BCUT2D eigenvalue weighted by Crippen LogP contribution is -2.35. The van der Waals surface area contributed by atoms with Crippen LogP contribution in [0.25, 0.3) is 0 Å². The summed E-state index contributed by atoms with van der Waals surface area (Å²) in [6.07, 6.45) is 0. The van der Waals surface area contributed by atoms with Gasteiger partial charge in [0, 0.05) is 39.9 Å². The van der Waals surface area contributed by atoms with Crippen LogP contribution in [0.2, 0.25) is 0 Å². The van der Waals surface area contributed by atoms with Crippen molar-refractivity contribution in [2.24, 2.45) is 4.99 Å². The molecule has 0 unspecified atom stereocenters. The molecule has 23 heavy (non-hydrogen) atoms. The maximum absolute atomic E-state index is 11.6. The van der Waals surface area contributed by atoms with Gasteiger partial charge in [0.2, 0.25) is 0 Å². The van der Waals surface area contributed by atoms with Gasteiger partial charge >= 0.3 is 6.03 Å². The average Bonchev–Trinajstić information content (AvgIpc) is 2.39. The molecule has 0 bridgehead atoms. The van der Waals surface area contributed by atoms with Gasteiger partial charge in [0.1, 0.15) is 0 Å². The maximum atomic E-state index is 11.6. The largest absolute Gasteiger partial charge is 0.349 e. The summed E-state index contributed by atoms with van der Waals surface area (Å²) in [5.41, 5.74) is 1.86. The molecule has 2 amide bonds. The Balaban J connectivity index is 0.00000484. The van der Waals surface area contributed by atoms with Crippen molar-refractivity contribution in [1.29, 1.82) is 0 Å². The van der Waals surface area contributed by atoms with Gasteiger partial charge in [-0.15, -0.1) is 24.0 Å². The van der Waals surface area contributed by atoms with Gasteiger partial charge in [-0.05, 0) is 31.5 Å². The number of carbonyl (C=O) groups excluding carboxylic acids is 1. The number of anilines is 1. The summed E-state index contributed by atoms with van der Waals surface area (Å²) in [6, 6.07) is 7.63. The highest BCUT2D eigenvalue weighted by Crippen LogP contribution is 2.10. The minimum Gasteiger partial charge on any atom is -0.349 e. The minimum atomic E-state index is -0.191. The summed E-state index contributed by atoms with van der Waals surface area (Å²) >= 11 is 0. The van der Waals surface area contributed by atoms with Crippen LogP contribution in [0, 0.1) is 0 Å². The summed E-state index contributed by atoms with van der Waals surface area (Å²) in [6.45, 7) is 4.45. The summed E-state index contributed by atoms with van der Waals surface area (Å²) in [5, 5.41) is 5.59. The molecular weight excluding hydrogens is 405 g/mol. The molecule has 0 saturated heterocycles. The number of carbonyl (C=O) groups is 1. The minimum absolute atomic E-state index is 0. The zero-order chi connectivity index (χ0) is 16.7. The van der Waals surface area contributed by atoms with E-state index in [0.29, 0.717) is 6.54 Å². The number of halogens is 1. The Morgan fingerprint density at radius 2 is 1.61 bits per heavy atom. The monoisotopic (exact) mass is 433 g/mol. The topological polar surface area (TPSA) is 60.0 Å². The number of rotatable bonds is 4. The highest BCUT2D eigenvalue weighted by molar-refractivity contribution is 14.0. The molecule has 0 aliphatic heterocycles. The highest BCUT2D eigenvalue weighted by Gasteiger charge is 2.05. The van der Waals surface area contributed by atoms with Crippen LogP contribution in [0.1, 0.15) is 19.4 Å². The molecule has 0 aromatic heterocycles. The number of aliphatic imine (C=N–C) groups is 1. The molecule has 7 heteroatoms. The number of guanidine groups is 1. The van der Waals surface area contributed by atoms with Crippen molar-refractivity contribution in [3.8, 4) is 0 Å². The first-order valence-corrected chi connectivity index (χ1v) is 7.35. The predicted octanol–water partition coefficient (Wildman–Crippen LogP) is 2.81. The number of benzene rings is 1. The highest BCUT2D eigenvalue weighted by atomic mass is 127.